The quantitative estimate of drug-likeness (QED) is 0.515. The smallest absolute Gasteiger partial charge is 0.196 e. The van der Waals surface area contributed by atoms with Crippen molar-refractivity contribution < 1.29 is 9.90 Å². The summed E-state index contributed by atoms with van der Waals surface area (Å²) >= 11 is 1.34. The summed E-state index contributed by atoms with van der Waals surface area (Å²) in [6, 6.07) is 21.2. The van der Waals surface area contributed by atoms with Crippen LogP contribution >= 0.6 is 11.8 Å². The first kappa shape index (κ1) is 19.3. The second-order valence-electron chi connectivity index (χ2n) is 7.11. The molecule has 0 aromatic heterocycles. The van der Waals surface area contributed by atoms with Gasteiger partial charge < -0.3 is 10.4 Å². The first-order chi connectivity index (χ1) is 12.9. The standard InChI is InChI=1S/C23H25NO2S/c1-4-27-22(26)23(2,3)21(24-19-14-7-8-15-20(19)25)18-13-9-11-16-10-5-6-12-17(16)18/h5-15,21,24-25H,4H2,1-3H3/t21-/m1/s1. The molecule has 0 heterocycles. The number of fused-ring (bicyclic) bond motifs is 1. The Bertz CT molecular complexity index is 947. The number of benzene rings is 3. The van der Waals surface area contributed by atoms with Gasteiger partial charge in [0, 0.05) is 0 Å². The summed E-state index contributed by atoms with van der Waals surface area (Å²) in [5, 5.41) is 16.1. The number of nitrogens with one attached hydrogen (secondary N) is 1. The van der Waals surface area contributed by atoms with Gasteiger partial charge in [0.1, 0.15) is 5.75 Å². The van der Waals surface area contributed by atoms with E-state index in [-0.39, 0.29) is 16.9 Å². The number of phenols is 1. The lowest BCUT2D eigenvalue weighted by Gasteiger charge is -2.35. The first-order valence-corrected chi connectivity index (χ1v) is 10.1. The monoisotopic (exact) mass is 379 g/mol. The summed E-state index contributed by atoms with van der Waals surface area (Å²) in [7, 11) is 0. The van der Waals surface area contributed by atoms with Crippen LogP contribution in [0.25, 0.3) is 10.8 Å². The van der Waals surface area contributed by atoms with Gasteiger partial charge in [0.05, 0.1) is 17.1 Å². The largest absolute Gasteiger partial charge is 0.506 e. The van der Waals surface area contributed by atoms with Crippen molar-refractivity contribution in [2.75, 3.05) is 11.1 Å². The van der Waals surface area contributed by atoms with Gasteiger partial charge in [-0.3, -0.25) is 4.79 Å². The number of carbonyl (C=O) groups is 1. The lowest BCUT2D eigenvalue weighted by Crippen LogP contribution is -2.34. The Morgan fingerprint density at radius 1 is 1.04 bits per heavy atom. The predicted molar refractivity (Wildman–Crippen MR) is 115 cm³/mol. The Hall–Kier alpha value is -2.46. The predicted octanol–water partition coefficient (Wildman–Crippen LogP) is 6.00. The zero-order valence-electron chi connectivity index (χ0n) is 15.9. The molecule has 140 valence electrons. The molecule has 3 aromatic rings. The molecule has 0 saturated heterocycles. The molecule has 27 heavy (non-hydrogen) atoms. The molecule has 0 radical (unpaired) electrons. The second kappa shape index (κ2) is 8.05. The molecule has 0 amide bonds. The highest BCUT2D eigenvalue weighted by molar-refractivity contribution is 8.13. The van der Waals surface area contributed by atoms with Crippen LogP contribution in [-0.4, -0.2) is 16.0 Å². The first-order valence-electron chi connectivity index (χ1n) is 9.14. The molecule has 3 nitrogen and oxygen atoms in total. The van der Waals surface area contributed by atoms with Crippen LogP contribution in [0.4, 0.5) is 5.69 Å². The van der Waals surface area contributed by atoms with Crippen molar-refractivity contribution in [2.45, 2.75) is 26.8 Å². The Morgan fingerprint density at radius 3 is 2.44 bits per heavy atom. The van der Waals surface area contributed by atoms with Crippen molar-refractivity contribution in [2.24, 2.45) is 5.41 Å². The summed E-state index contributed by atoms with van der Waals surface area (Å²) in [5.74, 6) is 0.912. The summed E-state index contributed by atoms with van der Waals surface area (Å²) < 4.78 is 0. The van der Waals surface area contributed by atoms with Crippen molar-refractivity contribution >= 4 is 33.3 Å². The minimum atomic E-state index is -0.674. The maximum atomic E-state index is 13.0. The van der Waals surface area contributed by atoms with Crippen LogP contribution in [-0.2, 0) is 4.79 Å². The van der Waals surface area contributed by atoms with E-state index in [0.717, 1.165) is 22.1 Å². The number of thioether (sulfide) groups is 1. The molecule has 0 fully saturated rings. The summed E-state index contributed by atoms with van der Waals surface area (Å²) in [4.78, 5) is 13.0. The van der Waals surface area contributed by atoms with Gasteiger partial charge in [-0.1, -0.05) is 73.3 Å². The second-order valence-corrected chi connectivity index (χ2v) is 8.34. The van der Waals surface area contributed by atoms with E-state index in [1.165, 1.54) is 11.8 Å². The molecule has 0 aliphatic carbocycles. The fraction of sp³-hybridized carbons (Fsp3) is 0.261. The van der Waals surface area contributed by atoms with Crippen LogP contribution in [0.1, 0.15) is 32.4 Å². The maximum Gasteiger partial charge on any atom is 0.196 e. The van der Waals surface area contributed by atoms with Gasteiger partial charge in [-0.05, 0) is 48.1 Å². The maximum absolute atomic E-state index is 13.0. The molecule has 2 N–H and O–H groups in total. The van der Waals surface area contributed by atoms with E-state index in [1.54, 1.807) is 12.1 Å². The normalized spacial score (nSPS) is 12.7. The van der Waals surface area contributed by atoms with Crippen molar-refractivity contribution in [3.63, 3.8) is 0 Å². The number of rotatable bonds is 6. The summed E-state index contributed by atoms with van der Waals surface area (Å²) in [6.07, 6.45) is 0. The number of phenolic OH excluding ortho intramolecular Hbond substituents is 1. The van der Waals surface area contributed by atoms with E-state index in [9.17, 15) is 9.90 Å². The number of carbonyl (C=O) groups excluding carboxylic acids is 1. The number of hydrogen-bond acceptors (Lipinski definition) is 4. The molecule has 1 atom stereocenters. The third-order valence-electron chi connectivity index (χ3n) is 4.86. The fourth-order valence-electron chi connectivity index (χ4n) is 3.34. The SMILES string of the molecule is CCSC(=O)C(C)(C)[C@H](Nc1ccccc1O)c1cccc2ccccc12. The van der Waals surface area contributed by atoms with Crippen LogP contribution in [0.2, 0.25) is 0 Å². The zero-order valence-corrected chi connectivity index (χ0v) is 16.7. The Labute approximate surface area is 164 Å². The average molecular weight is 380 g/mol. The highest BCUT2D eigenvalue weighted by Gasteiger charge is 2.38. The molecule has 3 aromatic carbocycles. The van der Waals surface area contributed by atoms with Crippen molar-refractivity contribution in [3.8, 4) is 5.75 Å². The Kier molecular flexibility index (Phi) is 5.76. The Balaban J connectivity index is 2.15. The van der Waals surface area contributed by atoms with Crippen LogP contribution < -0.4 is 5.32 Å². The highest BCUT2D eigenvalue weighted by Crippen LogP contribution is 2.43. The minimum absolute atomic E-state index is 0.130. The molecule has 0 saturated carbocycles. The average Bonchev–Trinajstić information content (AvgIpc) is 2.67. The molecule has 0 aliphatic heterocycles. The van der Waals surface area contributed by atoms with Gasteiger partial charge in [-0.15, -0.1) is 0 Å². The lowest BCUT2D eigenvalue weighted by molar-refractivity contribution is -0.118. The molecular weight excluding hydrogens is 354 g/mol. The fourth-order valence-corrected chi connectivity index (χ4v) is 4.09. The van der Waals surface area contributed by atoms with E-state index in [2.05, 4.69) is 29.6 Å². The van der Waals surface area contributed by atoms with Gasteiger partial charge in [0.2, 0.25) is 0 Å². The van der Waals surface area contributed by atoms with Gasteiger partial charge >= 0.3 is 0 Å². The van der Waals surface area contributed by atoms with E-state index in [4.69, 9.17) is 0 Å². The van der Waals surface area contributed by atoms with E-state index in [0.29, 0.717) is 5.69 Å². The third-order valence-corrected chi connectivity index (χ3v) is 5.94. The molecule has 0 aliphatic rings. The van der Waals surface area contributed by atoms with Gasteiger partial charge in [-0.25, -0.2) is 0 Å². The summed E-state index contributed by atoms with van der Waals surface area (Å²) in [5.41, 5.74) is 0.997. The Morgan fingerprint density at radius 2 is 1.70 bits per heavy atom. The highest BCUT2D eigenvalue weighted by atomic mass is 32.2. The number of hydrogen-bond donors (Lipinski definition) is 2. The molecule has 4 heteroatoms. The van der Waals surface area contributed by atoms with E-state index >= 15 is 0 Å². The van der Waals surface area contributed by atoms with Crippen LogP contribution in [0, 0.1) is 5.41 Å². The van der Waals surface area contributed by atoms with Crippen LogP contribution in [0.3, 0.4) is 0 Å². The van der Waals surface area contributed by atoms with Crippen molar-refractivity contribution in [1.29, 1.82) is 0 Å². The van der Waals surface area contributed by atoms with E-state index in [1.807, 2.05) is 51.1 Å². The van der Waals surface area contributed by atoms with E-state index < -0.39 is 5.41 Å². The van der Waals surface area contributed by atoms with Gasteiger partial charge in [-0.2, -0.15) is 0 Å². The number of anilines is 1. The van der Waals surface area contributed by atoms with Gasteiger partial charge in [0.25, 0.3) is 0 Å². The zero-order chi connectivity index (χ0) is 19.4. The molecule has 0 unspecified atom stereocenters. The van der Waals surface area contributed by atoms with Gasteiger partial charge in [0.15, 0.2) is 5.12 Å². The van der Waals surface area contributed by atoms with Crippen LogP contribution in [0.5, 0.6) is 5.75 Å². The number of aromatic hydroxyl groups is 1. The molecule has 0 spiro atoms. The van der Waals surface area contributed by atoms with Crippen LogP contribution in [0.15, 0.2) is 66.7 Å². The summed E-state index contributed by atoms with van der Waals surface area (Å²) in [6.45, 7) is 5.93. The third kappa shape index (κ3) is 3.96. The number of para-hydroxylation sites is 2. The van der Waals surface area contributed by atoms with Crippen molar-refractivity contribution in [1.82, 2.24) is 0 Å². The molecule has 0 bridgehead atoms. The molecular formula is C23H25NO2S. The topological polar surface area (TPSA) is 49.3 Å². The minimum Gasteiger partial charge on any atom is -0.506 e. The van der Waals surface area contributed by atoms with Crippen molar-refractivity contribution in [3.05, 3.63) is 72.3 Å². The lowest BCUT2D eigenvalue weighted by atomic mass is 9.79. The molecule has 3 rings (SSSR count).